The number of amides is 2. The zero-order valence-corrected chi connectivity index (χ0v) is 13.4. The van der Waals surface area contributed by atoms with E-state index in [1.165, 1.54) is 12.3 Å². The Hall–Kier alpha value is -2.06. The average Bonchev–Trinajstić information content (AvgIpc) is 2.97. The van der Waals surface area contributed by atoms with Crippen LogP contribution < -0.4 is 15.4 Å². The number of carbonyl (C=O) groups is 1. The van der Waals surface area contributed by atoms with Gasteiger partial charge in [0, 0.05) is 37.7 Å². The van der Waals surface area contributed by atoms with Gasteiger partial charge in [-0.25, -0.2) is 18.6 Å². The van der Waals surface area contributed by atoms with Crippen LogP contribution in [0.4, 0.5) is 22.4 Å². The van der Waals surface area contributed by atoms with Crippen molar-refractivity contribution in [2.45, 2.75) is 50.8 Å². The van der Waals surface area contributed by atoms with E-state index in [2.05, 4.69) is 20.4 Å². The number of hydrogen-bond donors (Lipinski definition) is 2. The molecule has 2 N–H and O–H groups in total. The lowest BCUT2D eigenvalue weighted by atomic mass is 10.0. The minimum atomic E-state index is -2.96. The number of halogens is 4. The molecule has 3 rings (SSSR count). The number of nitrogens with zero attached hydrogens (tertiary/aromatic N) is 1. The molecular weight excluding hydrogens is 342 g/mol. The lowest BCUT2D eigenvalue weighted by molar-refractivity contribution is -0.0529. The van der Waals surface area contributed by atoms with Crippen molar-refractivity contribution in [3.05, 3.63) is 23.9 Å². The highest BCUT2D eigenvalue weighted by molar-refractivity contribution is 5.74. The molecule has 0 aliphatic heterocycles. The number of urea groups is 1. The molecule has 2 amide bonds. The summed E-state index contributed by atoms with van der Waals surface area (Å²) in [4.78, 5) is 15.6. The first-order valence-electron chi connectivity index (χ1n) is 8.13. The molecule has 25 heavy (non-hydrogen) atoms. The van der Waals surface area contributed by atoms with E-state index in [9.17, 15) is 22.4 Å². The lowest BCUT2D eigenvalue weighted by Gasteiger charge is -2.16. The Morgan fingerprint density at radius 2 is 2.00 bits per heavy atom. The average molecular weight is 361 g/mol. The van der Waals surface area contributed by atoms with Crippen LogP contribution in [0.2, 0.25) is 0 Å². The third-order valence-corrected chi connectivity index (χ3v) is 4.76. The molecule has 2 fully saturated rings. The molecular formula is C16H19F4N3O2. The third-order valence-electron chi connectivity index (χ3n) is 4.76. The van der Waals surface area contributed by atoms with Crippen LogP contribution in [0.25, 0.3) is 0 Å². The maximum Gasteiger partial charge on any atom is 0.388 e. The molecule has 2 aliphatic carbocycles. The molecule has 138 valence electrons. The number of carbonyl (C=O) groups excluding carboxylic acids is 1. The monoisotopic (exact) mass is 361 g/mol. The highest BCUT2D eigenvalue weighted by Gasteiger charge is 2.50. The number of alkyl halides is 4. The number of pyridine rings is 1. The molecule has 0 radical (unpaired) electrons. The van der Waals surface area contributed by atoms with Crippen molar-refractivity contribution in [2.75, 3.05) is 0 Å². The fourth-order valence-electron chi connectivity index (χ4n) is 3.82. The van der Waals surface area contributed by atoms with Crippen LogP contribution in [-0.4, -0.2) is 29.6 Å². The summed E-state index contributed by atoms with van der Waals surface area (Å²) in [5.74, 6) is -2.86. The molecule has 0 aromatic carbocycles. The predicted molar refractivity (Wildman–Crippen MR) is 80.4 cm³/mol. The summed E-state index contributed by atoms with van der Waals surface area (Å²) < 4.78 is 55.1. The van der Waals surface area contributed by atoms with Crippen molar-refractivity contribution in [2.24, 2.45) is 11.8 Å². The van der Waals surface area contributed by atoms with Gasteiger partial charge in [-0.3, -0.25) is 0 Å². The van der Waals surface area contributed by atoms with E-state index < -0.39 is 18.6 Å². The molecule has 5 nitrogen and oxygen atoms in total. The van der Waals surface area contributed by atoms with E-state index in [4.69, 9.17) is 0 Å². The number of nitrogens with one attached hydrogen (secondary N) is 2. The third kappa shape index (κ3) is 4.73. The summed E-state index contributed by atoms with van der Waals surface area (Å²) >= 11 is 0. The van der Waals surface area contributed by atoms with Crippen molar-refractivity contribution < 1.29 is 27.1 Å². The second-order valence-corrected chi connectivity index (χ2v) is 6.66. The summed E-state index contributed by atoms with van der Waals surface area (Å²) in [5, 5.41) is 5.41. The number of rotatable bonds is 5. The number of hydrogen-bond acceptors (Lipinski definition) is 3. The van der Waals surface area contributed by atoms with Gasteiger partial charge < -0.3 is 15.4 Å². The standard InChI is InChI=1S/C16H19F4N3O2/c17-14(18)25-13-3-9(1-2-21-13)8-22-15(24)23-12-4-10-6-16(19,20)7-11(10)5-12/h1-3,10-12,14H,4-8H2,(H2,22,23,24)/t10-,11+,12?. The van der Waals surface area contributed by atoms with E-state index in [0.29, 0.717) is 18.4 Å². The first-order chi connectivity index (χ1) is 11.8. The first-order valence-corrected chi connectivity index (χ1v) is 8.13. The fraction of sp³-hybridized carbons (Fsp3) is 0.625. The van der Waals surface area contributed by atoms with Gasteiger partial charge in [0.2, 0.25) is 11.8 Å². The van der Waals surface area contributed by atoms with Gasteiger partial charge in [-0.05, 0) is 36.3 Å². The fourth-order valence-corrected chi connectivity index (χ4v) is 3.82. The normalized spacial score (nSPS) is 27.2. The highest BCUT2D eigenvalue weighted by Crippen LogP contribution is 2.50. The minimum Gasteiger partial charge on any atom is -0.417 e. The van der Waals surface area contributed by atoms with E-state index in [-0.39, 0.29) is 43.1 Å². The zero-order valence-electron chi connectivity index (χ0n) is 13.4. The second-order valence-electron chi connectivity index (χ2n) is 6.66. The highest BCUT2D eigenvalue weighted by atomic mass is 19.3. The largest absolute Gasteiger partial charge is 0.417 e. The van der Waals surface area contributed by atoms with Crippen molar-refractivity contribution in [3.63, 3.8) is 0 Å². The molecule has 9 heteroatoms. The van der Waals surface area contributed by atoms with E-state index in [1.54, 1.807) is 6.07 Å². The van der Waals surface area contributed by atoms with Gasteiger partial charge in [-0.2, -0.15) is 8.78 Å². The lowest BCUT2D eigenvalue weighted by Crippen LogP contribution is -2.41. The summed E-state index contributed by atoms with van der Waals surface area (Å²) in [6.07, 6.45) is 2.25. The maximum absolute atomic E-state index is 13.3. The quantitative estimate of drug-likeness (QED) is 0.791. The van der Waals surface area contributed by atoms with Crippen molar-refractivity contribution in [1.29, 1.82) is 0 Å². The van der Waals surface area contributed by atoms with Gasteiger partial charge >= 0.3 is 12.6 Å². The van der Waals surface area contributed by atoms with Gasteiger partial charge in [-0.1, -0.05) is 0 Å². The molecule has 0 bridgehead atoms. The Kier molecular flexibility index (Phi) is 5.01. The van der Waals surface area contributed by atoms with Crippen LogP contribution in [0.15, 0.2) is 18.3 Å². The summed E-state index contributed by atoms with van der Waals surface area (Å²) in [7, 11) is 0. The molecule has 2 saturated carbocycles. The molecule has 0 spiro atoms. The van der Waals surface area contributed by atoms with Gasteiger partial charge in [0.05, 0.1) is 0 Å². The number of aromatic nitrogens is 1. The molecule has 1 unspecified atom stereocenters. The van der Waals surface area contributed by atoms with Gasteiger partial charge in [0.25, 0.3) is 0 Å². The Morgan fingerprint density at radius 3 is 2.64 bits per heavy atom. The van der Waals surface area contributed by atoms with Crippen molar-refractivity contribution in [3.8, 4) is 5.88 Å². The van der Waals surface area contributed by atoms with Crippen LogP contribution >= 0.6 is 0 Å². The van der Waals surface area contributed by atoms with E-state index in [1.807, 2.05) is 0 Å². The predicted octanol–water partition coefficient (Wildman–Crippen LogP) is 3.31. The van der Waals surface area contributed by atoms with E-state index >= 15 is 0 Å². The second kappa shape index (κ2) is 7.05. The summed E-state index contributed by atoms with van der Waals surface area (Å²) in [5.41, 5.74) is 0.559. The maximum atomic E-state index is 13.3. The van der Waals surface area contributed by atoms with Crippen LogP contribution in [0.3, 0.4) is 0 Å². The molecule has 3 atom stereocenters. The Bertz CT molecular complexity index is 613. The number of ether oxygens (including phenoxy) is 1. The smallest absolute Gasteiger partial charge is 0.388 e. The molecule has 1 heterocycles. The number of fused-ring (bicyclic) bond motifs is 1. The van der Waals surface area contributed by atoms with Gasteiger partial charge in [0.15, 0.2) is 0 Å². The zero-order chi connectivity index (χ0) is 18.0. The van der Waals surface area contributed by atoms with Crippen LogP contribution in [0.5, 0.6) is 5.88 Å². The Balaban J connectivity index is 1.43. The summed E-state index contributed by atoms with van der Waals surface area (Å²) in [6.45, 7) is -2.85. The topological polar surface area (TPSA) is 63.2 Å². The minimum absolute atomic E-state index is 0.0328. The van der Waals surface area contributed by atoms with Crippen molar-refractivity contribution >= 4 is 6.03 Å². The molecule has 1 aromatic heterocycles. The molecule has 2 aliphatic rings. The van der Waals surface area contributed by atoms with Gasteiger partial charge in [0.1, 0.15) is 0 Å². The first kappa shape index (κ1) is 17.8. The van der Waals surface area contributed by atoms with Gasteiger partial charge in [-0.15, -0.1) is 0 Å². The van der Waals surface area contributed by atoms with E-state index in [0.717, 1.165) is 0 Å². The molecule has 0 saturated heterocycles. The van der Waals surface area contributed by atoms with Crippen LogP contribution in [0, 0.1) is 11.8 Å². The molecule has 1 aromatic rings. The van der Waals surface area contributed by atoms with Crippen LogP contribution in [0.1, 0.15) is 31.2 Å². The Morgan fingerprint density at radius 1 is 1.32 bits per heavy atom. The van der Waals surface area contributed by atoms with Crippen molar-refractivity contribution in [1.82, 2.24) is 15.6 Å². The van der Waals surface area contributed by atoms with Crippen LogP contribution in [-0.2, 0) is 6.54 Å². The SMILES string of the molecule is O=C(NCc1ccnc(OC(F)F)c1)NC1C[C@@H]2CC(F)(F)C[C@@H]2C1. The summed E-state index contributed by atoms with van der Waals surface area (Å²) in [6, 6.07) is 2.36. The Labute approximate surface area is 142 Å².